The summed E-state index contributed by atoms with van der Waals surface area (Å²) in [5.74, 6) is -0.386. The normalized spacial score (nSPS) is 20.1. The molecule has 7 nitrogen and oxygen atoms in total. The molecule has 4 rings (SSSR count). The maximum Gasteiger partial charge on any atom is 0.422 e. The Morgan fingerprint density at radius 2 is 1.76 bits per heavy atom. The molecule has 1 aliphatic carbocycles. The van der Waals surface area contributed by atoms with Crippen molar-refractivity contribution in [1.29, 1.82) is 0 Å². The Bertz CT molecular complexity index is 931. The number of ether oxygens (including phenoxy) is 3. The van der Waals surface area contributed by atoms with Gasteiger partial charge in [0, 0.05) is 19.4 Å². The molecule has 7 heteroatoms. The number of rotatable bonds is 8. The van der Waals surface area contributed by atoms with Gasteiger partial charge in [-0.3, -0.25) is 4.79 Å². The molecule has 182 valence electrons. The molecule has 2 aliphatic rings. The van der Waals surface area contributed by atoms with Crippen LogP contribution >= 0.6 is 0 Å². The van der Waals surface area contributed by atoms with Crippen LogP contribution in [0.4, 0.5) is 4.79 Å². The van der Waals surface area contributed by atoms with Crippen LogP contribution in [-0.2, 0) is 20.8 Å². The van der Waals surface area contributed by atoms with E-state index >= 15 is 0 Å². The molecule has 2 aromatic carbocycles. The minimum absolute atomic E-state index is 0.159. The fourth-order valence-corrected chi connectivity index (χ4v) is 5.05. The van der Waals surface area contributed by atoms with Gasteiger partial charge in [0.05, 0.1) is 25.7 Å². The Kier molecular flexibility index (Phi) is 8.32. The Balaban J connectivity index is 1.51. The molecule has 0 aromatic heterocycles. The van der Waals surface area contributed by atoms with Crippen molar-refractivity contribution in [3.63, 3.8) is 0 Å². The molecule has 2 atom stereocenters. The van der Waals surface area contributed by atoms with Crippen molar-refractivity contribution < 1.29 is 23.8 Å². The zero-order chi connectivity index (χ0) is 23.8. The molecule has 1 spiro atoms. The van der Waals surface area contributed by atoms with E-state index in [0.29, 0.717) is 31.9 Å². The van der Waals surface area contributed by atoms with E-state index in [1.54, 1.807) is 24.3 Å². The number of hydrogen-bond donors (Lipinski definition) is 1. The molecular formula is C27H34N2O5. The predicted molar refractivity (Wildman–Crippen MR) is 128 cm³/mol. The molecule has 2 amide bonds. The lowest BCUT2D eigenvalue weighted by atomic mass is 9.79. The third-order valence-corrected chi connectivity index (χ3v) is 6.62. The van der Waals surface area contributed by atoms with Crippen LogP contribution in [0.1, 0.15) is 37.7 Å². The third-order valence-electron chi connectivity index (χ3n) is 6.62. The van der Waals surface area contributed by atoms with Gasteiger partial charge in [0.25, 0.3) is 0 Å². The molecule has 1 N–H and O–H groups in total. The van der Waals surface area contributed by atoms with Crippen LogP contribution in [0.2, 0.25) is 0 Å². The van der Waals surface area contributed by atoms with Crippen molar-refractivity contribution in [2.24, 2.45) is 11.8 Å². The number of nitrogens with zero attached hydrogens (tertiary/aromatic N) is 1. The van der Waals surface area contributed by atoms with Gasteiger partial charge >= 0.3 is 6.09 Å². The van der Waals surface area contributed by atoms with Gasteiger partial charge in [-0.15, -0.1) is 0 Å². The van der Waals surface area contributed by atoms with Gasteiger partial charge in [-0.2, -0.15) is 0 Å². The largest absolute Gasteiger partial charge is 0.422 e. The van der Waals surface area contributed by atoms with Gasteiger partial charge < -0.3 is 19.5 Å². The van der Waals surface area contributed by atoms with Crippen LogP contribution in [0.5, 0.6) is 5.75 Å². The number of nitrogens with one attached hydrogen (secondary N) is 1. The van der Waals surface area contributed by atoms with Crippen LogP contribution in [0.15, 0.2) is 60.7 Å². The van der Waals surface area contributed by atoms with E-state index in [9.17, 15) is 9.59 Å². The summed E-state index contributed by atoms with van der Waals surface area (Å²) >= 11 is 0. The monoisotopic (exact) mass is 466 g/mol. The lowest BCUT2D eigenvalue weighted by Gasteiger charge is -2.37. The van der Waals surface area contributed by atoms with Crippen LogP contribution in [0.3, 0.4) is 0 Å². The van der Waals surface area contributed by atoms with Gasteiger partial charge in [-0.05, 0) is 43.5 Å². The van der Waals surface area contributed by atoms with E-state index in [0.717, 1.165) is 31.2 Å². The average molecular weight is 467 g/mol. The molecule has 2 fully saturated rings. The van der Waals surface area contributed by atoms with Gasteiger partial charge in [0.15, 0.2) is 5.79 Å². The number of carbonyl (C=O) groups excluding carboxylic acids is 2. The lowest BCUT2D eigenvalue weighted by molar-refractivity contribution is -0.188. The maximum absolute atomic E-state index is 13.8. The fraction of sp³-hybridized carbons (Fsp3) is 0.481. The Morgan fingerprint density at radius 3 is 2.44 bits per heavy atom. The highest BCUT2D eigenvalue weighted by Gasteiger charge is 2.42. The lowest BCUT2D eigenvalue weighted by Crippen LogP contribution is -2.45. The first-order valence-corrected chi connectivity index (χ1v) is 12.1. The number of hydrogen-bond acceptors (Lipinski definition) is 6. The summed E-state index contributed by atoms with van der Waals surface area (Å²) < 4.78 is 17.4. The second kappa shape index (κ2) is 11.6. The standard InChI is InChI=1S/C27H34N2O5/c1-28-19-23(17-22-11-8-14-27(18-22)32-15-16-33-27)25(30)29(20-21-9-4-2-5-10-21)26(31)34-24-12-6-3-7-13-24/h2-7,9-10,12-13,22-23,28H,8,11,14-20H2,1H3/t22-,23-/m1/s1. The highest BCUT2D eigenvalue weighted by molar-refractivity contribution is 5.94. The Hall–Kier alpha value is -2.74. The van der Waals surface area contributed by atoms with Gasteiger partial charge in [-0.1, -0.05) is 55.0 Å². The van der Waals surface area contributed by atoms with Crippen molar-refractivity contribution in [2.45, 2.75) is 44.4 Å². The van der Waals surface area contributed by atoms with E-state index in [1.165, 1.54) is 4.90 Å². The number of carbonyl (C=O) groups is 2. The quantitative estimate of drug-likeness (QED) is 0.623. The summed E-state index contributed by atoms with van der Waals surface area (Å²) in [7, 11) is 1.83. The molecule has 1 aliphatic heterocycles. The van der Waals surface area contributed by atoms with E-state index in [-0.39, 0.29) is 24.3 Å². The molecule has 0 unspecified atom stereocenters. The van der Waals surface area contributed by atoms with Gasteiger partial charge in [0.1, 0.15) is 5.75 Å². The van der Waals surface area contributed by atoms with Crippen molar-refractivity contribution in [3.8, 4) is 5.75 Å². The number of amides is 2. The highest BCUT2D eigenvalue weighted by Crippen LogP contribution is 2.41. The van der Waals surface area contributed by atoms with Crippen molar-refractivity contribution >= 4 is 12.0 Å². The molecule has 1 heterocycles. The molecule has 1 saturated carbocycles. The summed E-state index contributed by atoms with van der Waals surface area (Å²) in [5.41, 5.74) is 0.869. The predicted octanol–water partition coefficient (Wildman–Crippen LogP) is 4.37. The van der Waals surface area contributed by atoms with Gasteiger partial charge in [-0.25, -0.2) is 9.69 Å². The zero-order valence-corrected chi connectivity index (χ0v) is 19.8. The molecule has 1 saturated heterocycles. The molecule has 2 aromatic rings. The summed E-state index contributed by atoms with van der Waals surface area (Å²) in [6.07, 6.45) is 3.72. The summed E-state index contributed by atoms with van der Waals surface area (Å²) in [6, 6.07) is 18.4. The van der Waals surface area contributed by atoms with E-state index in [2.05, 4.69) is 5.32 Å². The van der Waals surface area contributed by atoms with Crippen molar-refractivity contribution in [1.82, 2.24) is 10.2 Å². The SMILES string of the molecule is CNC[C@@H](C[C@H]1CCCC2(C1)OCCO2)C(=O)N(Cc1ccccc1)C(=O)Oc1ccccc1. The number of benzene rings is 2. The molecular weight excluding hydrogens is 432 g/mol. The molecule has 0 bridgehead atoms. The fourth-order valence-electron chi connectivity index (χ4n) is 5.05. The van der Waals surface area contributed by atoms with Crippen molar-refractivity contribution in [3.05, 3.63) is 66.2 Å². The smallest absolute Gasteiger partial charge is 0.410 e. The zero-order valence-electron chi connectivity index (χ0n) is 19.8. The van der Waals surface area contributed by atoms with Gasteiger partial charge in [0.2, 0.25) is 5.91 Å². The first-order valence-electron chi connectivity index (χ1n) is 12.1. The second-order valence-corrected chi connectivity index (χ2v) is 9.15. The van der Waals surface area contributed by atoms with E-state index < -0.39 is 11.9 Å². The number of para-hydroxylation sites is 1. The maximum atomic E-state index is 13.8. The van der Waals surface area contributed by atoms with Crippen LogP contribution < -0.4 is 10.1 Å². The topological polar surface area (TPSA) is 77.1 Å². The van der Waals surface area contributed by atoms with Crippen LogP contribution in [0, 0.1) is 11.8 Å². The minimum Gasteiger partial charge on any atom is -0.410 e. The summed E-state index contributed by atoms with van der Waals surface area (Å²) in [4.78, 5) is 28.2. The first-order chi connectivity index (χ1) is 16.6. The molecule has 0 radical (unpaired) electrons. The summed E-state index contributed by atoms with van der Waals surface area (Å²) in [6.45, 7) is 1.89. The minimum atomic E-state index is -0.663. The Labute approximate surface area is 201 Å². The summed E-state index contributed by atoms with van der Waals surface area (Å²) in [5, 5.41) is 3.14. The van der Waals surface area contributed by atoms with Crippen molar-refractivity contribution in [2.75, 3.05) is 26.8 Å². The third kappa shape index (κ3) is 6.23. The number of imide groups is 1. The second-order valence-electron chi connectivity index (χ2n) is 9.15. The van der Waals surface area contributed by atoms with Crippen LogP contribution in [0.25, 0.3) is 0 Å². The first kappa shape index (κ1) is 24.4. The average Bonchev–Trinajstić information content (AvgIpc) is 3.30. The van der Waals surface area contributed by atoms with Crippen LogP contribution in [-0.4, -0.2) is 49.5 Å². The van der Waals surface area contributed by atoms with E-state index in [4.69, 9.17) is 14.2 Å². The molecule has 34 heavy (non-hydrogen) atoms. The highest BCUT2D eigenvalue weighted by atomic mass is 16.7. The van der Waals surface area contributed by atoms with E-state index in [1.807, 2.05) is 43.4 Å². The Morgan fingerprint density at radius 1 is 1.09 bits per heavy atom.